The van der Waals surface area contributed by atoms with Crippen molar-refractivity contribution in [3.05, 3.63) is 48.0 Å². The summed E-state index contributed by atoms with van der Waals surface area (Å²) in [6.45, 7) is 1.79. The predicted molar refractivity (Wildman–Crippen MR) is 68.4 cm³/mol. The van der Waals surface area contributed by atoms with Crippen molar-refractivity contribution >= 4 is 16.9 Å². The zero-order valence-electron chi connectivity index (χ0n) is 10.1. The Morgan fingerprint density at radius 2 is 2.00 bits per heavy atom. The predicted octanol–water partition coefficient (Wildman–Crippen LogP) is 1.82. The molecule has 3 rings (SSSR count). The molecule has 0 atom stereocenters. The molecular weight excluding hydrogens is 244 g/mol. The van der Waals surface area contributed by atoms with E-state index >= 15 is 0 Å². The number of aromatic carboxylic acids is 1. The molecule has 0 aliphatic heterocycles. The first kappa shape index (κ1) is 11.3. The van der Waals surface area contributed by atoms with Crippen LogP contribution in [0.1, 0.15) is 16.3 Å². The van der Waals surface area contributed by atoms with Gasteiger partial charge in [-0.25, -0.2) is 19.4 Å². The summed E-state index contributed by atoms with van der Waals surface area (Å²) in [6, 6.07) is 8.98. The van der Waals surface area contributed by atoms with E-state index < -0.39 is 5.97 Å². The molecule has 0 fully saturated rings. The van der Waals surface area contributed by atoms with Crippen LogP contribution < -0.4 is 0 Å². The number of nitrogens with zero attached hydrogens (tertiary/aromatic N) is 4. The molecule has 0 amide bonds. The smallest absolute Gasteiger partial charge is 0.356 e. The molecule has 19 heavy (non-hydrogen) atoms. The molecule has 0 bridgehead atoms. The van der Waals surface area contributed by atoms with Crippen LogP contribution in [0.4, 0.5) is 0 Å². The Balaban J connectivity index is 2.26. The molecule has 94 valence electrons. The average molecular weight is 254 g/mol. The third kappa shape index (κ3) is 1.93. The summed E-state index contributed by atoms with van der Waals surface area (Å²) in [5.41, 5.74) is 0.790. The molecule has 3 aromatic rings. The fraction of sp³-hybridized carbons (Fsp3) is 0.0769. The van der Waals surface area contributed by atoms with Crippen molar-refractivity contribution in [2.24, 2.45) is 0 Å². The SMILES string of the molecule is Cc1nc(-n2ccc(C(=O)O)n2)c2ccccc2n1. The number of benzene rings is 1. The Bertz CT molecular complexity index is 779. The van der Waals surface area contributed by atoms with Gasteiger partial charge < -0.3 is 5.11 Å². The third-order valence-corrected chi connectivity index (χ3v) is 2.72. The van der Waals surface area contributed by atoms with Crippen LogP contribution in [0, 0.1) is 6.92 Å². The fourth-order valence-electron chi connectivity index (χ4n) is 1.90. The Morgan fingerprint density at radius 3 is 2.74 bits per heavy atom. The second-order valence-electron chi connectivity index (χ2n) is 4.06. The molecule has 0 unspecified atom stereocenters. The lowest BCUT2D eigenvalue weighted by atomic mass is 10.2. The quantitative estimate of drug-likeness (QED) is 0.754. The Morgan fingerprint density at radius 1 is 1.21 bits per heavy atom. The number of rotatable bonds is 2. The van der Waals surface area contributed by atoms with Gasteiger partial charge in [0.2, 0.25) is 0 Å². The molecule has 0 saturated carbocycles. The maximum atomic E-state index is 10.9. The van der Waals surface area contributed by atoms with Crippen LogP contribution in [0.3, 0.4) is 0 Å². The Hall–Kier alpha value is -2.76. The molecule has 0 saturated heterocycles. The molecule has 6 heteroatoms. The van der Waals surface area contributed by atoms with Crippen molar-refractivity contribution in [3.63, 3.8) is 0 Å². The van der Waals surface area contributed by atoms with Crippen molar-refractivity contribution in [2.45, 2.75) is 6.92 Å². The van der Waals surface area contributed by atoms with E-state index in [0.717, 1.165) is 10.9 Å². The van der Waals surface area contributed by atoms with E-state index in [4.69, 9.17) is 5.11 Å². The van der Waals surface area contributed by atoms with E-state index in [0.29, 0.717) is 11.6 Å². The highest BCUT2D eigenvalue weighted by Gasteiger charge is 2.11. The van der Waals surface area contributed by atoms with E-state index in [9.17, 15) is 4.79 Å². The van der Waals surface area contributed by atoms with Crippen LogP contribution in [0.25, 0.3) is 16.7 Å². The molecule has 1 N–H and O–H groups in total. The molecule has 2 heterocycles. The number of fused-ring (bicyclic) bond motifs is 1. The van der Waals surface area contributed by atoms with E-state index in [1.165, 1.54) is 10.7 Å². The highest BCUT2D eigenvalue weighted by atomic mass is 16.4. The van der Waals surface area contributed by atoms with Gasteiger partial charge in [0.1, 0.15) is 5.82 Å². The van der Waals surface area contributed by atoms with Crippen LogP contribution >= 0.6 is 0 Å². The standard InChI is InChI=1S/C13H10N4O2/c1-8-14-10-5-3-2-4-9(10)12(15-8)17-7-6-11(16-17)13(18)19/h2-7H,1H3,(H,18,19). The van der Waals surface area contributed by atoms with E-state index in [1.54, 1.807) is 13.1 Å². The lowest BCUT2D eigenvalue weighted by Crippen LogP contribution is -2.05. The second-order valence-corrected chi connectivity index (χ2v) is 4.06. The Kier molecular flexibility index (Phi) is 2.49. The topological polar surface area (TPSA) is 80.9 Å². The zero-order valence-corrected chi connectivity index (χ0v) is 10.1. The summed E-state index contributed by atoms with van der Waals surface area (Å²) >= 11 is 0. The van der Waals surface area contributed by atoms with E-state index in [1.807, 2.05) is 24.3 Å². The monoisotopic (exact) mass is 254 g/mol. The van der Waals surface area contributed by atoms with E-state index in [2.05, 4.69) is 15.1 Å². The van der Waals surface area contributed by atoms with Crippen LogP contribution in [-0.2, 0) is 0 Å². The molecule has 0 aliphatic rings. The van der Waals surface area contributed by atoms with Gasteiger partial charge in [0, 0.05) is 11.6 Å². The van der Waals surface area contributed by atoms with Crippen molar-refractivity contribution < 1.29 is 9.90 Å². The Labute approximate surface area is 108 Å². The number of carbonyl (C=O) groups is 1. The number of aryl methyl sites for hydroxylation is 1. The highest BCUT2D eigenvalue weighted by molar-refractivity contribution is 5.87. The van der Waals surface area contributed by atoms with Gasteiger partial charge in [0.05, 0.1) is 5.52 Å². The largest absolute Gasteiger partial charge is 0.476 e. The maximum Gasteiger partial charge on any atom is 0.356 e. The first-order valence-corrected chi connectivity index (χ1v) is 5.68. The summed E-state index contributed by atoms with van der Waals surface area (Å²) < 4.78 is 1.46. The first-order valence-electron chi connectivity index (χ1n) is 5.68. The van der Waals surface area contributed by atoms with Crippen molar-refractivity contribution in [3.8, 4) is 5.82 Å². The minimum absolute atomic E-state index is 0.0136. The van der Waals surface area contributed by atoms with Gasteiger partial charge in [0.15, 0.2) is 11.5 Å². The summed E-state index contributed by atoms with van der Waals surface area (Å²) in [5.74, 6) is 0.130. The summed E-state index contributed by atoms with van der Waals surface area (Å²) in [7, 11) is 0. The molecule has 6 nitrogen and oxygen atoms in total. The van der Waals surface area contributed by atoms with Crippen LogP contribution in [0.15, 0.2) is 36.5 Å². The average Bonchev–Trinajstić information content (AvgIpc) is 2.87. The maximum absolute atomic E-state index is 10.9. The van der Waals surface area contributed by atoms with Gasteiger partial charge in [-0.1, -0.05) is 12.1 Å². The number of hydrogen-bond donors (Lipinski definition) is 1. The molecule has 0 radical (unpaired) electrons. The van der Waals surface area contributed by atoms with Gasteiger partial charge in [-0.15, -0.1) is 0 Å². The molecule has 1 aromatic carbocycles. The van der Waals surface area contributed by atoms with Gasteiger partial charge >= 0.3 is 5.97 Å². The van der Waals surface area contributed by atoms with Gasteiger partial charge in [0.25, 0.3) is 0 Å². The van der Waals surface area contributed by atoms with E-state index in [-0.39, 0.29) is 5.69 Å². The molecule has 2 aromatic heterocycles. The van der Waals surface area contributed by atoms with Gasteiger partial charge in [-0.3, -0.25) is 0 Å². The fourth-order valence-corrected chi connectivity index (χ4v) is 1.90. The third-order valence-electron chi connectivity index (χ3n) is 2.72. The molecule has 0 aliphatic carbocycles. The number of carboxylic acid groups (broad SMARTS) is 1. The lowest BCUT2D eigenvalue weighted by molar-refractivity contribution is 0.0690. The summed E-state index contributed by atoms with van der Waals surface area (Å²) in [4.78, 5) is 19.5. The van der Waals surface area contributed by atoms with Crippen LogP contribution in [0.2, 0.25) is 0 Å². The zero-order chi connectivity index (χ0) is 13.4. The minimum atomic E-state index is -1.06. The second kappa shape index (κ2) is 4.16. The van der Waals surface area contributed by atoms with Crippen molar-refractivity contribution in [1.82, 2.24) is 19.7 Å². The normalized spacial score (nSPS) is 10.8. The number of aromatic nitrogens is 4. The number of hydrogen-bond acceptors (Lipinski definition) is 4. The van der Waals surface area contributed by atoms with Crippen molar-refractivity contribution in [1.29, 1.82) is 0 Å². The summed E-state index contributed by atoms with van der Waals surface area (Å²) in [5, 5.41) is 13.7. The van der Waals surface area contributed by atoms with Crippen LogP contribution in [-0.4, -0.2) is 30.8 Å². The van der Waals surface area contributed by atoms with Crippen LogP contribution in [0.5, 0.6) is 0 Å². The number of carboxylic acids is 1. The minimum Gasteiger partial charge on any atom is -0.476 e. The number of para-hydroxylation sites is 1. The first-order chi connectivity index (χ1) is 9.15. The molecule has 0 spiro atoms. The van der Waals surface area contributed by atoms with Gasteiger partial charge in [-0.05, 0) is 25.1 Å². The molecular formula is C13H10N4O2. The van der Waals surface area contributed by atoms with Gasteiger partial charge in [-0.2, -0.15) is 5.10 Å². The summed E-state index contributed by atoms with van der Waals surface area (Å²) in [6.07, 6.45) is 1.58. The van der Waals surface area contributed by atoms with Crippen molar-refractivity contribution in [2.75, 3.05) is 0 Å². The highest BCUT2D eigenvalue weighted by Crippen LogP contribution is 2.18. The lowest BCUT2D eigenvalue weighted by Gasteiger charge is -2.06.